The zero-order valence-corrected chi connectivity index (χ0v) is 11.1. The third-order valence-electron chi connectivity index (χ3n) is 2.92. The van der Waals surface area contributed by atoms with Crippen LogP contribution >= 0.6 is 0 Å². The first kappa shape index (κ1) is 14.3. The maximum absolute atomic E-state index is 9.74. The predicted octanol–water partition coefficient (Wildman–Crippen LogP) is 2.80. The Morgan fingerprint density at radius 3 is 2.71 bits per heavy atom. The molecule has 1 N–H and O–H groups in total. The van der Waals surface area contributed by atoms with E-state index in [0.29, 0.717) is 6.61 Å². The van der Waals surface area contributed by atoms with Gasteiger partial charge in [0.15, 0.2) is 0 Å². The van der Waals surface area contributed by atoms with E-state index in [-0.39, 0.29) is 12.2 Å². The SMILES string of the molecule is CCC(C)(C)OCC(O)COC1=CCCC=C1. The standard InChI is InChI=1S/C14H24O3/c1-4-14(2,3)17-11-12(15)10-16-13-8-6-5-7-9-13/h6,8-9,12,15H,4-5,7,10-11H2,1-3H3. The van der Waals surface area contributed by atoms with Crippen LogP contribution in [0, 0.1) is 0 Å². The number of hydrogen-bond acceptors (Lipinski definition) is 3. The summed E-state index contributed by atoms with van der Waals surface area (Å²) in [6, 6.07) is 0. The molecule has 0 heterocycles. The summed E-state index contributed by atoms with van der Waals surface area (Å²) in [5.41, 5.74) is -0.176. The Hall–Kier alpha value is -0.800. The average Bonchev–Trinajstić information content (AvgIpc) is 2.35. The largest absolute Gasteiger partial charge is 0.491 e. The molecule has 3 heteroatoms. The van der Waals surface area contributed by atoms with Crippen LogP contribution in [0.15, 0.2) is 24.0 Å². The average molecular weight is 240 g/mol. The van der Waals surface area contributed by atoms with Crippen molar-refractivity contribution in [3.8, 4) is 0 Å². The number of ether oxygens (including phenoxy) is 2. The molecule has 0 aromatic carbocycles. The van der Waals surface area contributed by atoms with Crippen molar-refractivity contribution in [3.05, 3.63) is 24.0 Å². The van der Waals surface area contributed by atoms with Crippen LogP contribution in [-0.2, 0) is 9.47 Å². The number of rotatable bonds is 7. The third-order valence-corrected chi connectivity index (χ3v) is 2.92. The summed E-state index contributed by atoms with van der Waals surface area (Å²) < 4.78 is 11.1. The lowest BCUT2D eigenvalue weighted by molar-refractivity contribution is -0.0742. The number of aliphatic hydroxyl groups excluding tert-OH is 1. The smallest absolute Gasteiger partial charge is 0.116 e. The second kappa shape index (κ2) is 6.82. The summed E-state index contributed by atoms with van der Waals surface area (Å²) in [5.74, 6) is 0.852. The van der Waals surface area contributed by atoms with Gasteiger partial charge in [-0.2, -0.15) is 0 Å². The van der Waals surface area contributed by atoms with E-state index in [1.54, 1.807) is 0 Å². The van der Waals surface area contributed by atoms with Crippen LogP contribution in [0.4, 0.5) is 0 Å². The van der Waals surface area contributed by atoms with Crippen LogP contribution in [0.1, 0.15) is 40.0 Å². The second-order valence-electron chi connectivity index (χ2n) is 4.98. The molecule has 0 amide bonds. The van der Waals surface area contributed by atoms with Crippen molar-refractivity contribution < 1.29 is 14.6 Å². The molecule has 0 bridgehead atoms. The topological polar surface area (TPSA) is 38.7 Å². The fourth-order valence-electron chi connectivity index (χ4n) is 1.36. The number of aliphatic hydroxyl groups is 1. The first-order valence-corrected chi connectivity index (χ1v) is 6.35. The molecule has 0 saturated carbocycles. The molecule has 17 heavy (non-hydrogen) atoms. The summed E-state index contributed by atoms with van der Waals surface area (Å²) in [6.07, 6.45) is 8.52. The Balaban J connectivity index is 2.19. The molecule has 1 atom stereocenters. The van der Waals surface area contributed by atoms with Gasteiger partial charge in [0.2, 0.25) is 0 Å². The molecule has 0 aromatic rings. The number of hydrogen-bond donors (Lipinski definition) is 1. The maximum atomic E-state index is 9.74. The van der Waals surface area contributed by atoms with Crippen LogP contribution in [-0.4, -0.2) is 30.0 Å². The minimum Gasteiger partial charge on any atom is -0.491 e. The molecule has 1 unspecified atom stereocenters. The molecule has 0 spiro atoms. The maximum Gasteiger partial charge on any atom is 0.116 e. The lowest BCUT2D eigenvalue weighted by Gasteiger charge is -2.25. The Morgan fingerprint density at radius 2 is 2.12 bits per heavy atom. The predicted molar refractivity (Wildman–Crippen MR) is 68.7 cm³/mol. The quantitative estimate of drug-likeness (QED) is 0.743. The Labute approximate surface area is 104 Å². The van der Waals surface area contributed by atoms with Crippen molar-refractivity contribution in [1.82, 2.24) is 0 Å². The summed E-state index contributed by atoms with van der Waals surface area (Å²) in [6.45, 7) is 6.72. The molecule has 0 aromatic heterocycles. The molecule has 98 valence electrons. The normalized spacial score (nSPS) is 17.8. The van der Waals surface area contributed by atoms with Crippen molar-refractivity contribution >= 4 is 0 Å². The summed E-state index contributed by atoms with van der Waals surface area (Å²) in [4.78, 5) is 0. The van der Waals surface area contributed by atoms with Gasteiger partial charge >= 0.3 is 0 Å². The van der Waals surface area contributed by atoms with E-state index in [2.05, 4.69) is 13.0 Å². The molecule has 3 nitrogen and oxygen atoms in total. The first-order valence-electron chi connectivity index (χ1n) is 6.35. The van der Waals surface area contributed by atoms with E-state index >= 15 is 0 Å². The molecule has 1 aliphatic rings. The van der Waals surface area contributed by atoms with Gasteiger partial charge in [0, 0.05) is 0 Å². The highest BCUT2D eigenvalue weighted by Crippen LogP contribution is 2.14. The zero-order valence-electron chi connectivity index (χ0n) is 11.1. The van der Waals surface area contributed by atoms with Crippen molar-refractivity contribution in [2.75, 3.05) is 13.2 Å². The van der Waals surface area contributed by atoms with Gasteiger partial charge in [-0.15, -0.1) is 0 Å². The van der Waals surface area contributed by atoms with E-state index in [1.807, 2.05) is 26.0 Å². The molecule has 1 aliphatic carbocycles. The number of allylic oxidation sites excluding steroid dienone is 3. The van der Waals surface area contributed by atoms with E-state index < -0.39 is 6.10 Å². The van der Waals surface area contributed by atoms with Gasteiger partial charge in [-0.05, 0) is 45.3 Å². The fraction of sp³-hybridized carbons (Fsp3) is 0.714. The van der Waals surface area contributed by atoms with E-state index in [9.17, 15) is 5.11 Å². The lowest BCUT2D eigenvalue weighted by Crippen LogP contribution is -2.30. The van der Waals surface area contributed by atoms with Crippen LogP contribution in [0.3, 0.4) is 0 Å². The molecular weight excluding hydrogens is 216 g/mol. The van der Waals surface area contributed by atoms with Gasteiger partial charge in [-0.25, -0.2) is 0 Å². The second-order valence-corrected chi connectivity index (χ2v) is 4.98. The highest BCUT2D eigenvalue weighted by molar-refractivity contribution is 5.15. The van der Waals surface area contributed by atoms with Gasteiger partial charge in [0.1, 0.15) is 18.5 Å². The minimum absolute atomic E-state index is 0.176. The van der Waals surface area contributed by atoms with Crippen molar-refractivity contribution in [2.45, 2.75) is 51.7 Å². The third kappa shape index (κ3) is 5.89. The Bertz CT molecular complexity index is 279. The van der Waals surface area contributed by atoms with Crippen LogP contribution in [0.2, 0.25) is 0 Å². The highest BCUT2D eigenvalue weighted by atomic mass is 16.5. The summed E-state index contributed by atoms with van der Waals surface area (Å²) >= 11 is 0. The van der Waals surface area contributed by atoms with Gasteiger partial charge in [0.25, 0.3) is 0 Å². The molecule has 0 saturated heterocycles. The van der Waals surface area contributed by atoms with Crippen LogP contribution in [0.5, 0.6) is 0 Å². The zero-order chi connectivity index (χ0) is 12.7. The highest BCUT2D eigenvalue weighted by Gasteiger charge is 2.17. The van der Waals surface area contributed by atoms with Crippen molar-refractivity contribution in [1.29, 1.82) is 0 Å². The van der Waals surface area contributed by atoms with Gasteiger partial charge in [0.05, 0.1) is 12.2 Å². The monoisotopic (exact) mass is 240 g/mol. The molecular formula is C14H24O3. The summed E-state index contributed by atoms with van der Waals surface area (Å²) in [7, 11) is 0. The van der Waals surface area contributed by atoms with Crippen LogP contribution < -0.4 is 0 Å². The van der Waals surface area contributed by atoms with Gasteiger partial charge in [-0.1, -0.05) is 13.0 Å². The first-order chi connectivity index (χ1) is 8.03. The van der Waals surface area contributed by atoms with Gasteiger partial charge < -0.3 is 14.6 Å². The van der Waals surface area contributed by atoms with Crippen molar-refractivity contribution in [2.24, 2.45) is 0 Å². The van der Waals surface area contributed by atoms with Crippen molar-refractivity contribution in [3.63, 3.8) is 0 Å². The lowest BCUT2D eigenvalue weighted by atomic mass is 10.1. The molecule has 0 fully saturated rings. The Morgan fingerprint density at radius 1 is 1.35 bits per heavy atom. The van der Waals surface area contributed by atoms with Gasteiger partial charge in [-0.3, -0.25) is 0 Å². The fourth-order valence-corrected chi connectivity index (χ4v) is 1.36. The summed E-state index contributed by atoms with van der Waals surface area (Å²) in [5, 5.41) is 9.74. The Kier molecular flexibility index (Phi) is 5.72. The molecule has 1 rings (SSSR count). The van der Waals surface area contributed by atoms with E-state index in [4.69, 9.17) is 9.47 Å². The molecule has 0 radical (unpaired) electrons. The van der Waals surface area contributed by atoms with Crippen LogP contribution in [0.25, 0.3) is 0 Å². The van der Waals surface area contributed by atoms with E-state index in [0.717, 1.165) is 25.0 Å². The minimum atomic E-state index is -0.572. The van der Waals surface area contributed by atoms with E-state index in [1.165, 1.54) is 0 Å². The molecule has 0 aliphatic heterocycles.